The third-order valence-electron chi connectivity index (χ3n) is 2.76. The molecule has 4 heteroatoms. The summed E-state index contributed by atoms with van der Waals surface area (Å²) in [4.78, 5) is 11.9. The molecule has 2 rings (SSSR count). The minimum absolute atomic E-state index is 0.0766. The summed E-state index contributed by atoms with van der Waals surface area (Å²) in [6, 6.07) is 7.23. The molecule has 0 aromatic heterocycles. The van der Waals surface area contributed by atoms with Crippen LogP contribution in [0.25, 0.3) is 0 Å². The first-order valence-electron chi connectivity index (χ1n) is 5.53. The SMILES string of the molecule is O=C(Nc1cccc(Cl)c1)[C@@H]1CCCNC1. The zero-order chi connectivity index (χ0) is 11.4. The maximum absolute atomic E-state index is 11.9. The molecule has 0 aliphatic carbocycles. The van der Waals surface area contributed by atoms with E-state index in [-0.39, 0.29) is 11.8 Å². The number of nitrogens with one attached hydrogen (secondary N) is 2. The van der Waals surface area contributed by atoms with Gasteiger partial charge in [-0.15, -0.1) is 0 Å². The topological polar surface area (TPSA) is 41.1 Å². The van der Waals surface area contributed by atoms with Gasteiger partial charge in [0, 0.05) is 17.3 Å². The highest BCUT2D eigenvalue weighted by Gasteiger charge is 2.20. The van der Waals surface area contributed by atoms with Crippen LogP contribution in [0.4, 0.5) is 5.69 Å². The molecule has 1 aliphatic heterocycles. The standard InChI is InChI=1S/C12H15ClN2O/c13-10-4-1-5-11(7-10)15-12(16)9-3-2-6-14-8-9/h1,4-5,7,9,14H,2-3,6,8H2,(H,15,16)/t9-/m1/s1. The fraction of sp³-hybridized carbons (Fsp3) is 0.417. The molecule has 16 heavy (non-hydrogen) atoms. The summed E-state index contributed by atoms with van der Waals surface area (Å²) in [5, 5.41) is 6.75. The molecule has 1 atom stereocenters. The Morgan fingerprint density at radius 2 is 2.38 bits per heavy atom. The smallest absolute Gasteiger partial charge is 0.228 e. The third kappa shape index (κ3) is 2.97. The summed E-state index contributed by atoms with van der Waals surface area (Å²) in [5.41, 5.74) is 0.767. The van der Waals surface area contributed by atoms with Gasteiger partial charge < -0.3 is 10.6 Å². The van der Waals surface area contributed by atoms with E-state index in [1.807, 2.05) is 12.1 Å². The van der Waals surface area contributed by atoms with Gasteiger partial charge in [0.2, 0.25) is 5.91 Å². The number of amides is 1. The van der Waals surface area contributed by atoms with Gasteiger partial charge in [0.25, 0.3) is 0 Å². The molecule has 1 saturated heterocycles. The van der Waals surface area contributed by atoms with Crippen molar-refractivity contribution in [3.05, 3.63) is 29.3 Å². The first kappa shape index (κ1) is 11.4. The lowest BCUT2D eigenvalue weighted by molar-refractivity contribution is -0.120. The van der Waals surface area contributed by atoms with Crippen LogP contribution in [-0.4, -0.2) is 19.0 Å². The van der Waals surface area contributed by atoms with Gasteiger partial charge in [-0.3, -0.25) is 4.79 Å². The lowest BCUT2D eigenvalue weighted by Crippen LogP contribution is -2.37. The predicted molar refractivity (Wildman–Crippen MR) is 65.7 cm³/mol. The maximum Gasteiger partial charge on any atom is 0.228 e. The molecule has 0 bridgehead atoms. The zero-order valence-corrected chi connectivity index (χ0v) is 9.76. The minimum atomic E-state index is 0.0766. The quantitative estimate of drug-likeness (QED) is 0.830. The van der Waals surface area contributed by atoms with Gasteiger partial charge in [-0.25, -0.2) is 0 Å². The summed E-state index contributed by atoms with van der Waals surface area (Å²) in [6.45, 7) is 1.79. The number of benzene rings is 1. The van der Waals surface area contributed by atoms with Gasteiger partial charge in [-0.1, -0.05) is 17.7 Å². The molecule has 0 radical (unpaired) electrons. The van der Waals surface area contributed by atoms with Crippen molar-refractivity contribution in [1.29, 1.82) is 0 Å². The van der Waals surface area contributed by atoms with Crippen molar-refractivity contribution in [2.45, 2.75) is 12.8 Å². The molecule has 1 fully saturated rings. The lowest BCUT2D eigenvalue weighted by Gasteiger charge is -2.21. The van der Waals surface area contributed by atoms with Crippen LogP contribution >= 0.6 is 11.6 Å². The van der Waals surface area contributed by atoms with Crippen LogP contribution < -0.4 is 10.6 Å². The molecule has 0 unspecified atom stereocenters. The van der Waals surface area contributed by atoms with Crippen molar-refractivity contribution >= 4 is 23.2 Å². The van der Waals surface area contributed by atoms with E-state index >= 15 is 0 Å². The molecule has 3 nitrogen and oxygen atoms in total. The Bertz CT molecular complexity index is 375. The van der Waals surface area contributed by atoms with Gasteiger partial charge in [0.05, 0.1) is 5.92 Å². The van der Waals surface area contributed by atoms with Crippen molar-refractivity contribution in [3.8, 4) is 0 Å². The van der Waals surface area contributed by atoms with Gasteiger partial charge in [-0.2, -0.15) is 0 Å². The Kier molecular flexibility index (Phi) is 3.80. The van der Waals surface area contributed by atoms with Crippen LogP contribution in [0, 0.1) is 5.92 Å². The van der Waals surface area contributed by atoms with Gasteiger partial charge >= 0.3 is 0 Å². The van der Waals surface area contributed by atoms with Crippen LogP contribution in [0.5, 0.6) is 0 Å². The molecule has 86 valence electrons. The van der Waals surface area contributed by atoms with E-state index in [1.165, 1.54) is 0 Å². The molecule has 0 saturated carbocycles. The van der Waals surface area contributed by atoms with Crippen LogP contribution in [0.3, 0.4) is 0 Å². The van der Waals surface area contributed by atoms with Crippen molar-refractivity contribution in [3.63, 3.8) is 0 Å². The first-order chi connectivity index (χ1) is 7.75. The average Bonchev–Trinajstić information content (AvgIpc) is 2.30. The number of halogens is 1. The third-order valence-corrected chi connectivity index (χ3v) is 2.99. The van der Waals surface area contributed by atoms with E-state index in [1.54, 1.807) is 12.1 Å². The Hall–Kier alpha value is -1.06. The lowest BCUT2D eigenvalue weighted by atomic mass is 9.99. The Morgan fingerprint density at radius 1 is 1.50 bits per heavy atom. The minimum Gasteiger partial charge on any atom is -0.326 e. The summed E-state index contributed by atoms with van der Waals surface area (Å²) in [6.07, 6.45) is 2.02. The van der Waals surface area contributed by atoms with E-state index in [4.69, 9.17) is 11.6 Å². The van der Waals surface area contributed by atoms with E-state index in [0.29, 0.717) is 5.02 Å². The summed E-state index contributed by atoms with van der Waals surface area (Å²) in [7, 11) is 0. The molecule has 1 aromatic carbocycles. The van der Waals surface area contributed by atoms with Gasteiger partial charge in [0.1, 0.15) is 0 Å². The normalized spacial score (nSPS) is 20.4. The van der Waals surface area contributed by atoms with E-state index < -0.39 is 0 Å². The van der Waals surface area contributed by atoms with Crippen LogP contribution in [0.1, 0.15) is 12.8 Å². The molecule has 1 amide bonds. The number of carbonyl (C=O) groups is 1. The summed E-state index contributed by atoms with van der Waals surface area (Å²) >= 11 is 5.85. The number of hydrogen-bond acceptors (Lipinski definition) is 2. The Labute approximate surface area is 100 Å². The van der Waals surface area contributed by atoms with E-state index in [9.17, 15) is 4.79 Å². The Balaban J connectivity index is 1.96. The molecule has 0 spiro atoms. The van der Waals surface area contributed by atoms with Crippen molar-refractivity contribution < 1.29 is 4.79 Å². The second kappa shape index (κ2) is 5.32. The highest BCUT2D eigenvalue weighted by atomic mass is 35.5. The second-order valence-corrected chi connectivity index (χ2v) is 4.48. The van der Waals surface area contributed by atoms with E-state index in [2.05, 4.69) is 10.6 Å². The number of hydrogen-bond donors (Lipinski definition) is 2. The van der Waals surface area contributed by atoms with Crippen molar-refractivity contribution in [1.82, 2.24) is 5.32 Å². The maximum atomic E-state index is 11.9. The molecule has 1 aliphatic rings. The zero-order valence-electron chi connectivity index (χ0n) is 9.00. The van der Waals surface area contributed by atoms with Crippen LogP contribution in [0.2, 0.25) is 5.02 Å². The van der Waals surface area contributed by atoms with Gasteiger partial charge in [-0.05, 0) is 37.6 Å². The Morgan fingerprint density at radius 3 is 3.06 bits per heavy atom. The van der Waals surface area contributed by atoms with Crippen molar-refractivity contribution in [2.75, 3.05) is 18.4 Å². The molecular weight excluding hydrogens is 224 g/mol. The average molecular weight is 239 g/mol. The fourth-order valence-corrected chi connectivity index (χ4v) is 2.08. The van der Waals surface area contributed by atoms with E-state index in [0.717, 1.165) is 31.6 Å². The largest absolute Gasteiger partial charge is 0.326 e. The summed E-state index contributed by atoms with van der Waals surface area (Å²) in [5.74, 6) is 0.155. The first-order valence-corrected chi connectivity index (χ1v) is 5.90. The second-order valence-electron chi connectivity index (χ2n) is 4.04. The molecule has 2 N–H and O–H groups in total. The number of rotatable bonds is 2. The van der Waals surface area contributed by atoms with Crippen LogP contribution in [0.15, 0.2) is 24.3 Å². The molecule has 1 heterocycles. The number of anilines is 1. The molecule has 1 aromatic rings. The fourth-order valence-electron chi connectivity index (χ4n) is 1.89. The van der Waals surface area contributed by atoms with Gasteiger partial charge in [0.15, 0.2) is 0 Å². The number of carbonyl (C=O) groups excluding carboxylic acids is 1. The monoisotopic (exact) mass is 238 g/mol. The highest BCUT2D eigenvalue weighted by molar-refractivity contribution is 6.30. The predicted octanol–water partition coefficient (Wildman–Crippen LogP) is 2.28. The highest BCUT2D eigenvalue weighted by Crippen LogP contribution is 2.17. The summed E-state index contributed by atoms with van der Waals surface area (Å²) < 4.78 is 0. The molecular formula is C12H15ClN2O. The van der Waals surface area contributed by atoms with Crippen LogP contribution in [-0.2, 0) is 4.79 Å². The number of piperidine rings is 1. The van der Waals surface area contributed by atoms with Crippen molar-refractivity contribution in [2.24, 2.45) is 5.92 Å².